The van der Waals surface area contributed by atoms with Crippen LogP contribution in [0.1, 0.15) is 16.3 Å². The van der Waals surface area contributed by atoms with Gasteiger partial charge in [0.15, 0.2) is 5.03 Å². The Morgan fingerprint density at radius 1 is 1.08 bits per heavy atom. The van der Waals surface area contributed by atoms with E-state index in [-0.39, 0.29) is 5.03 Å². The molecule has 1 aromatic carbocycles. The van der Waals surface area contributed by atoms with Crippen LogP contribution < -0.4 is 4.90 Å². The Bertz CT molecular complexity index is 1060. The molecule has 1 aliphatic rings. The smallest absolute Gasteiger partial charge is 0.262 e. The van der Waals surface area contributed by atoms with Crippen LogP contribution in [0.5, 0.6) is 0 Å². The second-order valence-corrected chi connectivity index (χ2v) is 9.56. The van der Waals surface area contributed by atoms with Gasteiger partial charge < -0.3 is 4.90 Å². The minimum Gasteiger partial charge on any atom is -0.369 e. The second-order valence-electron chi connectivity index (χ2n) is 6.55. The van der Waals surface area contributed by atoms with Gasteiger partial charge in [-0.05, 0) is 38.5 Å². The van der Waals surface area contributed by atoms with Gasteiger partial charge in [-0.3, -0.25) is 0 Å². The summed E-state index contributed by atoms with van der Waals surface area (Å²) in [6, 6.07) is 8.30. The van der Waals surface area contributed by atoms with E-state index in [1.54, 1.807) is 11.2 Å². The standard InChI is InChI=1S/C17H21N5O2S2/c1-12-5-4-6-15(11-12)20-7-9-21(10-8-20)26(23,24)16-13(2)18-17-22(16)19-14(3)25-17/h4-6,11H,7-10H2,1-3H3. The average molecular weight is 392 g/mol. The Morgan fingerprint density at radius 3 is 2.50 bits per heavy atom. The number of aromatic nitrogens is 3. The molecule has 2 aromatic heterocycles. The second kappa shape index (κ2) is 6.33. The molecule has 4 rings (SSSR count). The number of fused-ring (bicyclic) bond motifs is 1. The molecule has 0 aliphatic carbocycles. The summed E-state index contributed by atoms with van der Waals surface area (Å²) in [5.41, 5.74) is 2.85. The van der Waals surface area contributed by atoms with E-state index in [2.05, 4.69) is 40.1 Å². The summed E-state index contributed by atoms with van der Waals surface area (Å²) in [5, 5.41) is 5.32. The summed E-state index contributed by atoms with van der Waals surface area (Å²) >= 11 is 1.40. The quantitative estimate of drug-likeness (QED) is 0.685. The Hall–Kier alpha value is -1.97. The van der Waals surface area contributed by atoms with Crippen molar-refractivity contribution in [3.63, 3.8) is 0 Å². The van der Waals surface area contributed by atoms with Crippen LogP contribution in [0.25, 0.3) is 4.96 Å². The molecule has 0 unspecified atom stereocenters. The molecule has 1 aliphatic heterocycles. The first-order chi connectivity index (χ1) is 12.4. The summed E-state index contributed by atoms with van der Waals surface area (Å²) in [7, 11) is -3.63. The maximum absolute atomic E-state index is 13.2. The molecule has 0 amide bonds. The van der Waals surface area contributed by atoms with E-state index in [4.69, 9.17) is 0 Å². The van der Waals surface area contributed by atoms with Gasteiger partial charge in [0.2, 0.25) is 4.96 Å². The number of imidazole rings is 1. The lowest BCUT2D eigenvalue weighted by Crippen LogP contribution is -2.49. The normalized spacial score (nSPS) is 16.5. The van der Waals surface area contributed by atoms with Gasteiger partial charge in [-0.2, -0.15) is 13.9 Å². The van der Waals surface area contributed by atoms with Crippen molar-refractivity contribution < 1.29 is 8.42 Å². The summed E-state index contributed by atoms with van der Waals surface area (Å²) in [4.78, 5) is 7.22. The summed E-state index contributed by atoms with van der Waals surface area (Å²) in [6.45, 7) is 7.88. The first kappa shape index (κ1) is 17.4. The van der Waals surface area contributed by atoms with Crippen molar-refractivity contribution in [2.24, 2.45) is 0 Å². The highest BCUT2D eigenvalue weighted by Crippen LogP contribution is 2.26. The number of hydrogen-bond acceptors (Lipinski definition) is 6. The fraction of sp³-hybridized carbons (Fsp3) is 0.412. The summed E-state index contributed by atoms with van der Waals surface area (Å²) in [6.07, 6.45) is 0. The molecule has 3 aromatic rings. The van der Waals surface area contributed by atoms with E-state index in [0.29, 0.717) is 36.8 Å². The summed E-state index contributed by atoms with van der Waals surface area (Å²) in [5.74, 6) is 0. The van der Waals surface area contributed by atoms with Gasteiger partial charge in [-0.25, -0.2) is 13.4 Å². The van der Waals surface area contributed by atoms with Crippen LogP contribution in [0.15, 0.2) is 29.3 Å². The minimum absolute atomic E-state index is 0.195. The van der Waals surface area contributed by atoms with Gasteiger partial charge in [0.05, 0.1) is 5.69 Å². The molecule has 7 nitrogen and oxygen atoms in total. The highest BCUT2D eigenvalue weighted by molar-refractivity contribution is 7.89. The zero-order valence-electron chi connectivity index (χ0n) is 15.0. The fourth-order valence-electron chi connectivity index (χ4n) is 3.36. The van der Waals surface area contributed by atoms with E-state index < -0.39 is 10.0 Å². The van der Waals surface area contributed by atoms with Gasteiger partial charge in [0.25, 0.3) is 10.0 Å². The van der Waals surface area contributed by atoms with Crippen molar-refractivity contribution >= 4 is 32.0 Å². The molecule has 0 bridgehead atoms. The molecule has 9 heteroatoms. The minimum atomic E-state index is -3.63. The number of piperazine rings is 1. The molecule has 0 radical (unpaired) electrons. The zero-order valence-corrected chi connectivity index (χ0v) is 16.6. The van der Waals surface area contributed by atoms with Gasteiger partial charge in [-0.15, -0.1) is 0 Å². The number of anilines is 1. The Kier molecular flexibility index (Phi) is 4.25. The lowest BCUT2D eigenvalue weighted by molar-refractivity contribution is 0.382. The lowest BCUT2D eigenvalue weighted by atomic mass is 10.2. The molecular weight excluding hydrogens is 370 g/mol. The molecule has 138 valence electrons. The lowest BCUT2D eigenvalue weighted by Gasteiger charge is -2.35. The summed E-state index contributed by atoms with van der Waals surface area (Å²) < 4.78 is 29.4. The predicted octanol–water partition coefficient (Wildman–Crippen LogP) is 2.23. The molecule has 0 N–H and O–H groups in total. The molecule has 3 heterocycles. The van der Waals surface area contributed by atoms with Crippen molar-refractivity contribution in [1.82, 2.24) is 18.9 Å². The van der Waals surface area contributed by atoms with E-state index in [0.717, 1.165) is 10.7 Å². The maximum atomic E-state index is 13.2. The monoisotopic (exact) mass is 391 g/mol. The van der Waals surface area contributed by atoms with Gasteiger partial charge in [0, 0.05) is 31.9 Å². The number of nitrogens with zero attached hydrogens (tertiary/aromatic N) is 5. The molecule has 0 saturated carbocycles. The van der Waals surface area contributed by atoms with E-state index in [9.17, 15) is 8.42 Å². The Labute approximate surface area is 156 Å². The third kappa shape index (κ3) is 2.89. The molecule has 1 fully saturated rings. The molecule has 0 atom stereocenters. The van der Waals surface area contributed by atoms with Crippen molar-refractivity contribution in [3.05, 3.63) is 40.5 Å². The first-order valence-electron chi connectivity index (χ1n) is 8.51. The van der Waals surface area contributed by atoms with Crippen LogP contribution >= 0.6 is 11.3 Å². The van der Waals surface area contributed by atoms with Crippen LogP contribution in [0.3, 0.4) is 0 Å². The van der Waals surface area contributed by atoms with Crippen molar-refractivity contribution in [2.45, 2.75) is 25.8 Å². The topological polar surface area (TPSA) is 70.8 Å². The van der Waals surface area contributed by atoms with Gasteiger partial charge >= 0.3 is 0 Å². The highest BCUT2D eigenvalue weighted by Gasteiger charge is 2.33. The first-order valence-corrected chi connectivity index (χ1v) is 10.8. The van der Waals surface area contributed by atoms with Crippen LogP contribution in [-0.2, 0) is 10.0 Å². The largest absolute Gasteiger partial charge is 0.369 e. The van der Waals surface area contributed by atoms with E-state index in [1.165, 1.54) is 21.4 Å². The number of hydrogen-bond donors (Lipinski definition) is 0. The van der Waals surface area contributed by atoms with Crippen LogP contribution in [0.2, 0.25) is 0 Å². The van der Waals surface area contributed by atoms with Crippen LogP contribution in [0, 0.1) is 20.8 Å². The zero-order chi connectivity index (χ0) is 18.5. The number of aryl methyl sites for hydroxylation is 3. The number of benzene rings is 1. The van der Waals surface area contributed by atoms with E-state index in [1.807, 2.05) is 13.0 Å². The van der Waals surface area contributed by atoms with Crippen LogP contribution in [0.4, 0.5) is 5.69 Å². The van der Waals surface area contributed by atoms with Crippen molar-refractivity contribution in [1.29, 1.82) is 0 Å². The van der Waals surface area contributed by atoms with Crippen molar-refractivity contribution in [3.8, 4) is 0 Å². The molecule has 1 saturated heterocycles. The average Bonchev–Trinajstić information content (AvgIpc) is 3.09. The maximum Gasteiger partial charge on any atom is 0.262 e. The SMILES string of the molecule is Cc1cccc(N2CCN(S(=O)(=O)c3c(C)nc4sc(C)nn34)CC2)c1. The third-order valence-electron chi connectivity index (χ3n) is 4.62. The van der Waals surface area contributed by atoms with Crippen molar-refractivity contribution in [2.75, 3.05) is 31.1 Å². The molecule has 26 heavy (non-hydrogen) atoms. The highest BCUT2D eigenvalue weighted by atomic mass is 32.2. The van der Waals surface area contributed by atoms with Gasteiger partial charge in [0.1, 0.15) is 5.01 Å². The van der Waals surface area contributed by atoms with E-state index >= 15 is 0 Å². The fourth-order valence-corrected chi connectivity index (χ4v) is 5.85. The third-order valence-corrected chi connectivity index (χ3v) is 7.44. The van der Waals surface area contributed by atoms with Crippen LogP contribution in [-0.4, -0.2) is 53.5 Å². The molecular formula is C17H21N5O2S2. The Morgan fingerprint density at radius 2 is 1.81 bits per heavy atom. The van der Waals surface area contributed by atoms with Gasteiger partial charge in [-0.1, -0.05) is 23.5 Å². The number of sulfonamides is 1. The predicted molar refractivity (Wildman–Crippen MR) is 102 cm³/mol. The molecule has 0 spiro atoms. The number of rotatable bonds is 3. The Balaban J connectivity index is 1.59.